The molecule has 7 nitrogen and oxygen atoms in total. The molecule has 1 amide bonds. The number of furan rings is 1. The topological polar surface area (TPSA) is 91.7 Å². The number of sulfonamides is 1. The van der Waals surface area contributed by atoms with Gasteiger partial charge >= 0.3 is 0 Å². The van der Waals surface area contributed by atoms with Crippen molar-refractivity contribution in [1.29, 1.82) is 0 Å². The lowest BCUT2D eigenvalue weighted by Gasteiger charge is -2.17. The van der Waals surface area contributed by atoms with Crippen molar-refractivity contribution in [3.05, 3.63) is 83.8 Å². The molecule has 8 heteroatoms. The van der Waals surface area contributed by atoms with Gasteiger partial charge in [-0.05, 0) is 66.9 Å². The number of rotatable bonds is 8. The summed E-state index contributed by atoms with van der Waals surface area (Å²) in [5.74, 6) is 0.285. The zero-order valence-corrected chi connectivity index (χ0v) is 18.6. The van der Waals surface area contributed by atoms with Gasteiger partial charge < -0.3 is 14.6 Å². The molecular weight excluding hydrogens is 426 g/mol. The van der Waals surface area contributed by atoms with Crippen LogP contribution in [0.2, 0.25) is 0 Å². The van der Waals surface area contributed by atoms with Gasteiger partial charge in [0.15, 0.2) is 0 Å². The quantitative estimate of drug-likeness (QED) is 0.509. The molecule has 0 fully saturated rings. The molecule has 0 aliphatic carbocycles. The number of likely N-dealkylation sites (N-methyl/N-ethyl adjacent to an activating group) is 1. The molecule has 1 aromatic heterocycles. The minimum Gasteiger partial charge on any atom is -0.468 e. The number of nitrogens with zero attached hydrogens (tertiary/aromatic N) is 1. The highest BCUT2D eigenvalue weighted by Crippen LogP contribution is 2.30. The van der Waals surface area contributed by atoms with Crippen LogP contribution in [-0.2, 0) is 27.8 Å². The lowest BCUT2D eigenvalue weighted by Crippen LogP contribution is -2.22. The maximum Gasteiger partial charge on any atom is 0.248 e. The molecule has 2 aromatic carbocycles. The first-order chi connectivity index (χ1) is 15.4. The predicted octanol–water partition coefficient (Wildman–Crippen LogP) is 3.79. The molecule has 0 radical (unpaired) electrons. The molecular formula is C24H25N3O4S. The third kappa shape index (κ3) is 5.09. The molecule has 1 aliphatic heterocycles. The van der Waals surface area contributed by atoms with Gasteiger partial charge in [-0.1, -0.05) is 18.2 Å². The van der Waals surface area contributed by atoms with Gasteiger partial charge in [0.2, 0.25) is 15.9 Å². The van der Waals surface area contributed by atoms with E-state index in [4.69, 9.17) is 4.42 Å². The fraction of sp³-hybridized carbons (Fsp3) is 0.208. The summed E-state index contributed by atoms with van der Waals surface area (Å²) < 4.78 is 32.4. The second kappa shape index (κ2) is 9.42. The van der Waals surface area contributed by atoms with Crippen LogP contribution in [0.25, 0.3) is 6.08 Å². The summed E-state index contributed by atoms with van der Waals surface area (Å²) in [7, 11) is -3.65. The first-order valence-corrected chi connectivity index (χ1v) is 11.9. The Morgan fingerprint density at radius 3 is 2.69 bits per heavy atom. The van der Waals surface area contributed by atoms with Crippen LogP contribution >= 0.6 is 0 Å². The number of benzene rings is 2. The summed E-state index contributed by atoms with van der Waals surface area (Å²) in [5.41, 5.74) is 3.94. The molecule has 0 bridgehead atoms. The number of amides is 1. The van der Waals surface area contributed by atoms with Crippen molar-refractivity contribution in [2.45, 2.75) is 24.8 Å². The van der Waals surface area contributed by atoms with Crippen LogP contribution < -0.4 is 14.9 Å². The van der Waals surface area contributed by atoms with E-state index in [1.54, 1.807) is 30.3 Å². The maximum atomic E-state index is 12.4. The van der Waals surface area contributed by atoms with E-state index in [1.807, 2.05) is 12.1 Å². The highest BCUT2D eigenvalue weighted by molar-refractivity contribution is 7.89. The minimum absolute atomic E-state index is 0.0792. The largest absolute Gasteiger partial charge is 0.468 e. The fourth-order valence-electron chi connectivity index (χ4n) is 3.63. The van der Waals surface area contributed by atoms with Gasteiger partial charge in [-0.25, -0.2) is 13.1 Å². The van der Waals surface area contributed by atoms with E-state index < -0.39 is 10.0 Å². The Kier molecular flexibility index (Phi) is 6.43. The Balaban J connectivity index is 1.36. The number of hydrogen-bond donors (Lipinski definition) is 2. The Morgan fingerprint density at radius 1 is 1.16 bits per heavy atom. The molecule has 32 heavy (non-hydrogen) atoms. The van der Waals surface area contributed by atoms with E-state index in [-0.39, 0.29) is 17.3 Å². The Labute approximate surface area is 187 Å². The Bertz CT molecular complexity index is 1220. The van der Waals surface area contributed by atoms with Crippen LogP contribution in [0.3, 0.4) is 0 Å². The fourth-order valence-corrected chi connectivity index (χ4v) is 4.62. The summed E-state index contributed by atoms with van der Waals surface area (Å²) in [6.07, 6.45) is 5.60. The first kappa shape index (κ1) is 21.9. The predicted molar refractivity (Wildman–Crippen MR) is 125 cm³/mol. The third-order valence-corrected chi connectivity index (χ3v) is 6.78. The van der Waals surface area contributed by atoms with E-state index in [1.165, 1.54) is 35.7 Å². The highest BCUT2D eigenvalue weighted by atomic mass is 32.2. The number of carbonyl (C=O) groups is 1. The van der Waals surface area contributed by atoms with Crippen LogP contribution in [0, 0.1) is 0 Å². The van der Waals surface area contributed by atoms with Gasteiger partial charge in [-0.2, -0.15) is 0 Å². The van der Waals surface area contributed by atoms with Crippen LogP contribution in [0.15, 0.2) is 76.2 Å². The van der Waals surface area contributed by atoms with Gasteiger partial charge in [0.05, 0.1) is 17.7 Å². The average molecular weight is 452 g/mol. The van der Waals surface area contributed by atoms with Crippen molar-refractivity contribution < 1.29 is 17.6 Å². The molecule has 0 unspecified atom stereocenters. The highest BCUT2D eigenvalue weighted by Gasteiger charge is 2.18. The van der Waals surface area contributed by atoms with Crippen molar-refractivity contribution in [2.24, 2.45) is 0 Å². The molecule has 2 N–H and O–H groups in total. The standard InChI is InChI=1S/C24H25N3O4S/c1-2-27-14-13-19-8-9-20(16-23(19)27)26-24(28)12-7-18-5-10-22(11-6-18)32(29,30)25-17-21-4-3-15-31-21/h3-12,15-16,25H,2,13-14,17H2,1H3,(H,26,28)/b12-7+. The van der Waals surface area contributed by atoms with Crippen molar-refractivity contribution >= 4 is 33.4 Å². The SMILES string of the molecule is CCN1CCc2ccc(NC(=O)/C=C/c3ccc(S(=O)(=O)NCc4ccco4)cc3)cc21. The lowest BCUT2D eigenvalue weighted by molar-refractivity contribution is -0.111. The van der Waals surface area contributed by atoms with E-state index in [0.717, 1.165) is 30.8 Å². The maximum absolute atomic E-state index is 12.4. The monoisotopic (exact) mass is 451 g/mol. The summed E-state index contributed by atoms with van der Waals surface area (Å²) in [6.45, 7) is 4.15. The van der Waals surface area contributed by atoms with E-state index in [0.29, 0.717) is 5.76 Å². The van der Waals surface area contributed by atoms with Crippen molar-refractivity contribution in [3.63, 3.8) is 0 Å². The van der Waals surface area contributed by atoms with Gasteiger partial charge in [0.25, 0.3) is 0 Å². The summed E-state index contributed by atoms with van der Waals surface area (Å²) in [4.78, 5) is 14.8. The van der Waals surface area contributed by atoms with E-state index in [2.05, 4.69) is 27.9 Å². The smallest absolute Gasteiger partial charge is 0.248 e. The second-order valence-electron chi connectivity index (χ2n) is 7.47. The summed E-state index contributed by atoms with van der Waals surface area (Å²) in [5, 5.41) is 2.89. The van der Waals surface area contributed by atoms with Crippen molar-refractivity contribution in [3.8, 4) is 0 Å². The molecule has 2 heterocycles. The Morgan fingerprint density at radius 2 is 1.97 bits per heavy atom. The van der Waals surface area contributed by atoms with Crippen LogP contribution in [0.1, 0.15) is 23.8 Å². The third-order valence-electron chi connectivity index (χ3n) is 5.36. The molecule has 1 aliphatic rings. The minimum atomic E-state index is -3.65. The molecule has 166 valence electrons. The number of hydrogen-bond acceptors (Lipinski definition) is 5. The second-order valence-corrected chi connectivity index (χ2v) is 9.24. The number of anilines is 2. The number of fused-ring (bicyclic) bond motifs is 1. The van der Waals surface area contributed by atoms with E-state index >= 15 is 0 Å². The molecule has 0 saturated heterocycles. The molecule has 0 spiro atoms. The van der Waals surface area contributed by atoms with Crippen molar-refractivity contribution in [2.75, 3.05) is 23.3 Å². The molecule has 0 atom stereocenters. The van der Waals surface area contributed by atoms with Gasteiger partial charge in [-0.3, -0.25) is 4.79 Å². The zero-order chi connectivity index (χ0) is 22.6. The Hall–Kier alpha value is -3.36. The number of nitrogens with one attached hydrogen (secondary N) is 2. The number of carbonyl (C=O) groups excluding carboxylic acids is 1. The van der Waals surface area contributed by atoms with E-state index in [9.17, 15) is 13.2 Å². The van der Waals surface area contributed by atoms with Crippen LogP contribution in [0.4, 0.5) is 11.4 Å². The normalized spacial score (nSPS) is 13.5. The van der Waals surface area contributed by atoms with Gasteiger partial charge in [0, 0.05) is 30.5 Å². The molecule has 0 saturated carbocycles. The summed E-state index contributed by atoms with van der Waals surface area (Å²) >= 11 is 0. The van der Waals surface area contributed by atoms with Gasteiger partial charge in [-0.15, -0.1) is 0 Å². The first-order valence-electron chi connectivity index (χ1n) is 10.4. The molecule has 3 aromatic rings. The van der Waals surface area contributed by atoms with Crippen LogP contribution in [-0.4, -0.2) is 27.4 Å². The lowest BCUT2D eigenvalue weighted by atomic mass is 10.1. The summed E-state index contributed by atoms with van der Waals surface area (Å²) in [6, 6.07) is 15.7. The molecule has 4 rings (SSSR count). The van der Waals surface area contributed by atoms with Gasteiger partial charge in [0.1, 0.15) is 5.76 Å². The average Bonchev–Trinajstić information content (AvgIpc) is 3.46. The van der Waals surface area contributed by atoms with Crippen LogP contribution in [0.5, 0.6) is 0 Å². The zero-order valence-electron chi connectivity index (χ0n) is 17.7. The van der Waals surface area contributed by atoms with Crippen molar-refractivity contribution in [1.82, 2.24) is 4.72 Å².